The normalized spacial score (nSPS) is 11.0. The Bertz CT molecular complexity index is 963. The van der Waals surface area contributed by atoms with E-state index in [2.05, 4.69) is 5.32 Å². The number of nitrogens with one attached hydrogen (secondary N) is 1. The van der Waals surface area contributed by atoms with Crippen LogP contribution in [0.2, 0.25) is 0 Å². The van der Waals surface area contributed by atoms with E-state index in [9.17, 15) is 22.8 Å². The molecular weight excluding hydrogens is 447 g/mol. The van der Waals surface area contributed by atoms with Crippen LogP contribution in [-0.4, -0.2) is 52.5 Å². The number of alkyl halides is 3. The fourth-order valence-electron chi connectivity index (χ4n) is 2.64. The van der Waals surface area contributed by atoms with Crippen LogP contribution in [0.4, 0.5) is 18.9 Å². The summed E-state index contributed by atoms with van der Waals surface area (Å²) in [4.78, 5) is 24.6. The van der Waals surface area contributed by atoms with Crippen molar-refractivity contribution < 1.29 is 46.4 Å². The smallest absolute Gasteiger partial charge is 0.416 e. The molecule has 0 spiro atoms. The maximum atomic E-state index is 13.1. The van der Waals surface area contributed by atoms with Gasteiger partial charge in [-0.3, -0.25) is 4.79 Å². The lowest BCUT2D eigenvalue weighted by molar-refractivity contribution is -0.137. The number of hydrogen-bond donors (Lipinski definition) is 1. The van der Waals surface area contributed by atoms with Gasteiger partial charge in [0.2, 0.25) is 0 Å². The van der Waals surface area contributed by atoms with Crippen LogP contribution >= 0.6 is 0 Å². The number of hydrogen-bond acceptors (Lipinski definition) is 7. The molecule has 33 heavy (non-hydrogen) atoms. The number of halogens is 3. The van der Waals surface area contributed by atoms with E-state index in [1.165, 1.54) is 32.4 Å². The van der Waals surface area contributed by atoms with Crippen LogP contribution in [-0.2, 0) is 20.4 Å². The van der Waals surface area contributed by atoms with E-state index in [0.29, 0.717) is 18.1 Å². The predicted molar refractivity (Wildman–Crippen MR) is 112 cm³/mol. The molecule has 0 unspecified atom stereocenters. The van der Waals surface area contributed by atoms with Crippen LogP contribution in [0.15, 0.2) is 36.4 Å². The van der Waals surface area contributed by atoms with Gasteiger partial charge in [-0.25, -0.2) is 4.79 Å². The van der Waals surface area contributed by atoms with E-state index in [1.807, 2.05) is 0 Å². The third-order valence-electron chi connectivity index (χ3n) is 4.16. The summed E-state index contributed by atoms with van der Waals surface area (Å²) in [5.41, 5.74) is -1.09. The van der Waals surface area contributed by atoms with E-state index >= 15 is 0 Å². The lowest BCUT2D eigenvalue weighted by atomic mass is 10.1. The first-order valence-electron chi connectivity index (χ1n) is 9.80. The molecule has 0 bridgehead atoms. The van der Waals surface area contributed by atoms with Crippen LogP contribution in [0.3, 0.4) is 0 Å². The average molecular weight is 471 g/mol. The first-order chi connectivity index (χ1) is 15.7. The molecular formula is C22H24F3NO7. The van der Waals surface area contributed by atoms with Gasteiger partial charge in [0.05, 0.1) is 37.1 Å². The summed E-state index contributed by atoms with van der Waals surface area (Å²) in [5, 5.41) is 2.28. The molecule has 0 aliphatic carbocycles. The highest BCUT2D eigenvalue weighted by molar-refractivity contribution is 5.96. The van der Waals surface area contributed by atoms with Crippen LogP contribution in [0.5, 0.6) is 17.2 Å². The Morgan fingerprint density at radius 1 is 0.939 bits per heavy atom. The molecule has 2 aromatic carbocycles. The molecule has 0 aromatic heterocycles. The zero-order chi connectivity index (χ0) is 24.4. The predicted octanol–water partition coefficient (Wildman–Crippen LogP) is 3.93. The summed E-state index contributed by atoms with van der Waals surface area (Å²) in [6, 6.07) is 6.99. The Labute approximate surface area is 188 Å². The highest BCUT2D eigenvalue weighted by Gasteiger charge is 2.31. The number of carbonyl (C=O) groups is 2. The Kier molecular flexibility index (Phi) is 9.34. The molecule has 180 valence electrons. The first kappa shape index (κ1) is 25.8. The molecule has 0 saturated heterocycles. The zero-order valence-corrected chi connectivity index (χ0v) is 18.3. The maximum absolute atomic E-state index is 13.1. The fraction of sp³-hybridized carbons (Fsp3) is 0.364. The van der Waals surface area contributed by atoms with Crippen molar-refractivity contribution >= 4 is 17.6 Å². The summed E-state index contributed by atoms with van der Waals surface area (Å²) in [5.74, 6) is -0.930. The number of amides is 1. The van der Waals surface area contributed by atoms with Gasteiger partial charge in [-0.05, 0) is 43.3 Å². The van der Waals surface area contributed by atoms with Crippen LogP contribution in [0, 0.1) is 0 Å². The van der Waals surface area contributed by atoms with E-state index < -0.39 is 30.2 Å². The SMILES string of the molecule is CCOc1cc(C(=O)OCC(=O)Nc2cc(C(F)(F)F)ccc2OCCOC)ccc1OC. The van der Waals surface area contributed by atoms with Gasteiger partial charge in [-0.2, -0.15) is 13.2 Å². The number of methoxy groups -OCH3 is 2. The van der Waals surface area contributed by atoms with E-state index in [0.717, 1.165) is 18.2 Å². The number of rotatable bonds is 11. The Balaban J connectivity index is 2.08. The van der Waals surface area contributed by atoms with Gasteiger partial charge in [-0.1, -0.05) is 0 Å². The number of esters is 1. The van der Waals surface area contributed by atoms with E-state index in [4.69, 9.17) is 23.7 Å². The molecule has 1 N–H and O–H groups in total. The number of benzene rings is 2. The lowest BCUT2D eigenvalue weighted by Crippen LogP contribution is -2.22. The summed E-state index contributed by atoms with van der Waals surface area (Å²) >= 11 is 0. The second-order valence-corrected chi connectivity index (χ2v) is 6.47. The number of carbonyl (C=O) groups excluding carboxylic acids is 2. The third-order valence-corrected chi connectivity index (χ3v) is 4.16. The topological polar surface area (TPSA) is 92.3 Å². The Hall–Kier alpha value is -3.47. The fourth-order valence-corrected chi connectivity index (χ4v) is 2.64. The van der Waals surface area contributed by atoms with E-state index in [1.54, 1.807) is 6.92 Å². The van der Waals surface area contributed by atoms with Crippen molar-refractivity contribution in [2.45, 2.75) is 13.1 Å². The lowest BCUT2D eigenvalue weighted by Gasteiger charge is -2.15. The molecule has 0 aliphatic heterocycles. The third kappa shape index (κ3) is 7.56. The molecule has 11 heteroatoms. The van der Waals surface area contributed by atoms with Crippen LogP contribution < -0.4 is 19.5 Å². The second kappa shape index (κ2) is 12.0. The van der Waals surface area contributed by atoms with Crippen LogP contribution in [0.25, 0.3) is 0 Å². The van der Waals surface area contributed by atoms with Crippen molar-refractivity contribution in [1.29, 1.82) is 0 Å². The summed E-state index contributed by atoms with van der Waals surface area (Å²) in [6.45, 7) is 1.61. The van der Waals surface area contributed by atoms with Gasteiger partial charge in [0.15, 0.2) is 18.1 Å². The molecule has 8 nitrogen and oxygen atoms in total. The Morgan fingerprint density at radius 3 is 2.30 bits per heavy atom. The molecule has 0 fully saturated rings. The molecule has 1 amide bonds. The summed E-state index contributed by atoms with van der Waals surface area (Å²) < 4.78 is 64.9. The number of anilines is 1. The molecule has 2 aromatic rings. The van der Waals surface area contributed by atoms with Gasteiger partial charge in [-0.15, -0.1) is 0 Å². The Morgan fingerprint density at radius 2 is 1.67 bits per heavy atom. The van der Waals surface area contributed by atoms with Gasteiger partial charge in [0, 0.05) is 7.11 Å². The molecule has 0 aliphatic rings. The van der Waals surface area contributed by atoms with Crippen molar-refractivity contribution in [3.05, 3.63) is 47.5 Å². The van der Waals surface area contributed by atoms with E-state index in [-0.39, 0.29) is 30.2 Å². The monoisotopic (exact) mass is 471 g/mol. The highest BCUT2D eigenvalue weighted by atomic mass is 19.4. The first-order valence-corrected chi connectivity index (χ1v) is 9.80. The summed E-state index contributed by atoms with van der Waals surface area (Å²) in [7, 11) is 2.88. The highest BCUT2D eigenvalue weighted by Crippen LogP contribution is 2.35. The second-order valence-electron chi connectivity index (χ2n) is 6.47. The van der Waals surface area contributed by atoms with Gasteiger partial charge in [0.1, 0.15) is 12.4 Å². The van der Waals surface area contributed by atoms with Gasteiger partial charge in [0.25, 0.3) is 5.91 Å². The minimum atomic E-state index is -4.62. The molecule has 2 rings (SSSR count). The van der Waals surface area contributed by atoms with Gasteiger partial charge < -0.3 is 29.0 Å². The van der Waals surface area contributed by atoms with Crippen molar-refractivity contribution in [3.63, 3.8) is 0 Å². The molecule has 0 heterocycles. The largest absolute Gasteiger partial charge is 0.493 e. The summed E-state index contributed by atoms with van der Waals surface area (Å²) in [6.07, 6.45) is -4.62. The van der Waals surface area contributed by atoms with Crippen molar-refractivity contribution in [2.24, 2.45) is 0 Å². The van der Waals surface area contributed by atoms with Gasteiger partial charge >= 0.3 is 12.1 Å². The van der Waals surface area contributed by atoms with Crippen molar-refractivity contribution in [2.75, 3.05) is 46.0 Å². The minimum Gasteiger partial charge on any atom is -0.493 e. The van der Waals surface area contributed by atoms with Crippen molar-refractivity contribution in [3.8, 4) is 17.2 Å². The quantitative estimate of drug-likeness (QED) is 0.392. The maximum Gasteiger partial charge on any atom is 0.416 e. The number of ether oxygens (including phenoxy) is 5. The standard InChI is InChI=1S/C22H24F3NO7/c1-4-31-19-11-14(5-7-18(19)30-3)21(28)33-13-20(27)26-16-12-15(22(23,24)25)6-8-17(16)32-10-9-29-2/h5-8,11-12H,4,9-10,13H2,1-3H3,(H,26,27). The molecule has 0 radical (unpaired) electrons. The average Bonchev–Trinajstić information content (AvgIpc) is 2.78. The molecule has 0 saturated carbocycles. The minimum absolute atomic E-state index is 0.0104. The van der Waals surface area contributed by atoms with Crippen LogP contribution in [0.1, 0.15) is 22.8 Å². The molecule has 0 atom stereocenters. The van der Waals surface area contributed by atoms with Crippen molar-refractivity contribution in [1.82, 2.24) is 0 Å². The zero-order valence-electron chi connectivity index (χ0n) is 18.3.